The molecule has 0 aliphatic rings. The summed E-state index contributed by atoms with van der Waals surface area (Å²) in [6.45, 7) is 11.6. The number of hydrogen-bond donors (Lipinski definition) is 1. The highest BCUT2D eigenvalue weighted by Crippen LogP contribution is 2.30. The summed E-state index contributed by atoms with van der Waals surface area (Å²) >= 11 is 0. The minimum absolute atomic E-state index is 0.0675. The molecule has 130 valence electrons. The van der Waals surface area contributed by atoms with Crippen molar-refractivity contribution in [3.63, 3.8) is 0 Å². The first-order valence-electron chi connectivity index (χ1n) is 8.65. The van der Waals surface area contributed by atoms with Crippen molar-refractivity contribution in [2.45, 2.75) is 39.7 Å². The van der Waals surface area contributed by atoms with Crippen LogP contribution in [0.4, 0.5) is 0 Å². The quantitative estimate of drug-likeness (QED) is 0.722. The fraction of sp³-hybridized carbons (Fsp3) is 0.429. The molecule has 0 atom stereocenters. The van der Waals surface area contributed by atoms with E-state index in [-0.39, 0.29) is 5.41 Å². The zero-order valence-corrected chi connectivity index (χ0v) is 15.3. The standard InChI is InChI=1S/C21H29NO2/c1-5-22-16-17-9-8-10-18(15-17)23-13-14-24-20-12-7-6-11-19(20)21(2,3)4/h6-12,15,22H,5,13-14,16H2,1-4H3. The summed E-state index contributed by atoms with van der Waals surface area (Å²) in [5.41, 5.74) is 2.52. The van der Waals surface area contributed by atoms with E-state index in [0.29, 0.717) is 13.2 Å². The fourth-order valence-electron chi connectivity index (χ4n) is 2.54. The van der Waals surface area contributed by atoms with Crippen molar-refractivity contribution in [2.75, 3.05) is 19.8 Å². The molecule has 2 aromatic rings. The monoisotopic (exact) mass is 327 g/mol. The third-order valence-corrected chi connectivity index (χ3v) is 3.78. The van der Waals surface area contributed by atoms with Crippen molar-refractivity contribution >= 4 is 0 Å². The maximum Gasteiger partial charge on any atom is 0.123 e. The van der Waals surface area contributed by atoms with Gasteiger partial charge in [0.2, 0.25) is 0 Å². The van der Waals surface area contributed by atoms with Gasteiger partial charge in [0, 0.05) is 6.54 Å². The first-order chi connectivity index (χ1) is 11.5. The number of nitrogens with one attached hydrogen (secondary N) is 1. The van der Waals surface area contributed by atoms with Crippen LogP contribution in [0.15, 0.2) is 48.5 Å². The fourth-order valence-corrected chi connectivity index (χ4v) is 2.54. The molecule has 0 bridgehead atoms. The zero-order valence-electron chi connectivity index (χ0n) is 15.3. The van der Waals surface area contributed by atoms with Gasteiger partial charge in [0.15, 0.2) is 0 Å². The van der Waals surface area contributed by atoms with Crippen molar-refractivity contribution in [3.05, 3.63) is 59.7 Å². The van der Waals surface area contributed by atoms with Crippen LogP contribution < -0.4 is 14.8 Å². The van der Waals surface area contributed by atoms with Crippen molar-refractivity contribution < 1.29 is 9.47 Å². The van der Waals surface area contributed by atoms with Crippen LogP contribution in [0.2, 0.25) is 0 Å². The Kier molecular flexibility index (Phi) is 6.68. The normalized spacial score (nSPS) is 11.3. The number of rotatable bonds is 8. The third kappa shape index (κ3) is 5.57. The summed E-state index contributed by atoms with van der Waals surface area (Å²) in [6, 6.07) is 16.4. The van der Waals surface area contributed by atoms with Crippen LogP contribution in [0.25, 0.3) is 0 Å². The molecule has 1 N–H and O–H groups in total. The minimum Gasteiger partial charge on any atom is -0.490 e. The molecule has 0 spiro atoms. The number of benzene rings is 2. The molecule has 0 aromatic heterocycles. The van der Waals surface area contributed by atoms with E-state index in [2.05, 4.69) is 57.3 Å². The van der Waals surface area contributed by atoms with Crippen molar-refractivity contribution in [3.8, 4) is 11.5 Å². The summed E-state index contributed by atoms with van der Waals surface area (Å²) in [5, 5.41) is 3.32. The molecule has 0 fully saturated rings. The second-order valence-corrected chi connectivity index (χ2v) is 6.87. The Morgan fingerprint density at radius 1 is 0.917 bits per heavy atom. The van der Waals surface area contributed by atoms with Gasteiger partial charge in [0.25, 0.3) is 0 Å². The SMILES string of the molecule is CCNCc1cccc(OCCOc2ccccc2C(C)(C)C)c1. The lowest BCUT2D eigenvalue weighted by Gasteiger charge is -2.22. The molecule has 0 saturated heterocycles. The van der Waals surface area contributed by atoms with E-state index in [1.165, 1.54) is 11.1 Å². The molecule has 0 amide bonds. The highest BCUT2D eigenvalue weighted by molar-refractivity contribution is 5.38. The van der Waals surface area contributed by atoms with Gasteiger partial charge in [-0.15, -0.1) is 0 Å². The zero-order chi connectivity index (χ0) is 17.4. The minimum atomic E-state index is 0.0675. The van der Waals surface area contributed by atoms with Gasteiger partial charge in [0.1, 0.15) is 24.7 Å². The molecule has 2 aromatic carbocycles. The third-order valence-electron chi connectivity index (χ3n) is 3.78. The molecular formula is C21H29NO2. The number of para-hydroxylation sites is 1. The van der Waals surface area contributed by atoms with E-state index < -0.39 is 0 Å². The van der Waals surface area contributed by atoms with Crippen LogP contribution in [0.1, 0.15) is 38.8 Å². The van der Waals surface area contributed by atoms with Crippen LogP contribution in [0.5, 0.6) is 11.5 Å². The molecule has 2 rings (SSSR count). The van der Waals surface area contributed by atoms with Crippen LogP contribution in [-0.4, -0.2) is 19.8 Å². The van der Waals surface area contributed by atoms with E-state index >= 15 is 0 Å². The molecule has 0 radical (unpaired) electrons. The van der Waals surface area contributed by atoms with E-state index in [1.54, 1.807) is 0 Å². The van der Waals surface area contributed by atoms with Crippen LogP contribution in [0, 0.1) is 0 Å². The van der Waals surface area contributed by atoms with Gasteiger partial charge < -0.3 is 14.8 Å². The Bertz CT molecular complexity index is 632. The van der Waals surface area contributed by atoms with Gasteiger partial charge in [0.05, 0.1) is 0 Å². The summed E-state index contributed by atoms with van der Waals surface area (Å²) in [7, 11) is 0. The van der Waals surface area contributed by atoms with Crippen molar-refractivity contribution in [2.24, 2.45) is 0 Å². The number of ether oxygens (including phenoxy) is 2. The van der Waals surface area contributed by atoms with Gasteiger partial charge in [-0.3, -0.25) is 0 Å². The van der Waals surface area contributed by atoms with E-state index in [9.17, 15) is 0 Å². The average molecular weight is 327 g/mol. The van der Waals surface area contributed by atoms with Crippen molar-refractivity contribution in [1.29, 1.82) is 0 Å². The number of hydrogen-bond acceptors (Lipinski definition) is 3. The summed E-state index contributed by atoms with van der Waals surface area (Å²) in [5.74, 6) is 1.83. The maximum atomic E-state index is 5.94. The van der Waals surface area contributed by atoms with Gasteiger partial charge in [-0.05, 0) is 41.3 Å². The highest BCUT2D eigenvalue weighted by atomic mass is 16.5. The Morgan fingerprint density at radius 3 is 2.42 bits per heavy atom. The summed E-state index contributed by atoms with van der Waals surface area (Å²) in [6.07, 6.45) is 0. The first-order valence-corrected chi connectivity index (χ1v) is 8.65. The Morgan fingerprint density at radius 2 is 1.67 bits per heavy atom. The lowest BCUT2D eigenvalue weighted by Crippen LogP contribution is -2.16. The van der Waals surface area contributed by atoms with Crippen LogP contribution in [0.3, 0.4) is 0 Å². The average Bonchev–Trinajstić information content (AvgIpc) is 2.57. The van der Waals surface area contributed by atoms with Gasteiger partial charge in [-0.2, -0.15) is 0 Å². The predicted octanol–water partition coefficient (Wildman–Crippen LogP) is 4.55. The van der Waals surface area contributed by atoms with Gasteiger partial charge in [-0.1, -0.05) is 58.0 Å². The van der Waals surface area contributed by atoms with E-state index in [1.807, 2.05) is 24.3 Å². The molecule has 0 unspecified atom stereocenters. The summed E-state index contributed by atoms with van der Waals surface area (Å²) < 4.78 is 11.8. The maximum absolute atomic E-state index is 5.94. The topological polar surface area (TPSA) is 30.5 Å². The largest absolute Gasteiger partial charge is 0.490 e. The Labute approximate surface area is 146 Å². The van der Waals surface area contributed by atoms with Crippen LogP contribution >= 0.6 is 0 Å². The smallest absolute Gasteiger partial charge is 0.123 e. The van der Waals surface area contributed by atoms with Gasteiger partial charge >= 0.3 is 0 Å². The second kappa shape index (κ2) is 8.74. The molecule has 0 aliphatic carbocycles. The first kappa shape index (κ1) is 18.3. The molecule has 0 saturated carbocycles. The Balaban J connectivity index is 1.86. The molecular weight excluding hydrogens is 298 g/mol. The van der Waals surface area contributed by atoms with Gasteiger partial charge in [-0.25, -0.2) is 0 Å². The Hall–Kier alpha value is -2.00. The van der Waals surface area contributed by atoms with Crippen molar-refractivity contribution in [1.82, 2.24) is 5.32 Å². The lowest BCUT2D eigenvalue weighted by molar-refractivity contribution is 0.214. The highest BCUT2D eigenvalue weighted by Gasteiger charge is 2.18. The van der Waals surface area contributed by atoms with E-state index in [4.69, 9.17) is 9.47 Å². The molecule has 24 heavy (non-hydrogen) atoms. The second-order valence-electron chi connectivity index (χ2n) is 6.87. The summed E-state index contributed by atoms with van der Waals surface area (Å²) in [4.78, 5) is 0. The molecule has 3 nitrogen and oxygen atoms in total. The lowest BCUT2D eigenvalue weighted by atomic mass is 9.86. The molecule has 0 heterocycles. The van der Waals surface area contributed by atoms with Crippen LogP contribution in [-0.2, 0) is 12.0 Å². The molecule has 3 heteroatoms. The molecule has 0 aliphatic heterocycles. The van der Waals surface area contributed by atoms with E-state index in [0.717, 1.165) is 24.6 Å². The predicted molar refractivity (Wildman–Crippen MR) is 100.0 cm³/mol.